The van der Waals surface area contributed by atoms with E-state index in [4.69, 9.17) is 5.26 Å². The quantitative estimate of drug-likeness (QED) is 0.648. The second-order valence-electron chi connectivity index (χ2n) is 3.02. The maximum Gasteiger partial charge on any atom is 0.185 e. The van der Waals surface area contributed by atoms with Crippen LogP contribution in [-0.2, 0) is 0 Å². The molecular weight excluding hydrogens is 222 g/mol. The molecule has 0 spiro atoms. The number of anilines is 3. The van der Waals surface area contributed by atoms with Gasteiger partial charge in [-0.2, -0.15) is 5.26 Å². The van der Waals surface area contributed by atoms with Gasteiger partial charge in [-0.05, 0) is 17.5 Å². The van der Waals surface area contributed by atoms with Crippen molar-refractivity contribution in [3.05, 3.63) is 29.9 Å². The molecule has 5 nitrogen and oxygen atoms in total. The molecule has 2 heterocycles. The van der Waals surface area contributed by atoms with Crippen LogP contribution in [-0.4, -0.2) is 17.0 Å². The van der Waals surface area contributed by atoms with Crippen LogP contribution in [0.5, 0.6) is 0 Å². The van der Waals surface area contributed by atoms with E-state index in [1.807, 2.05) is 23.7 Å². The Labute approximate surface area is 97.0 Å². The van der Waals surface area contributed by atoms with E-state index in [2.05, 4.69) is 15.3 Å². The molecule has 16 heavy (non-hydrogen) atoms. The Balaban J connectivity index is 2.20. The van der Waals surface area contributed by atoms with Crippen molar-refractivity contribution in [1.82, 2.24) is 9.97 Å². The minimum atomic E-state index is 0.566. The lowest BCUT2D eigenvalue weighted by Gasteiger charge is -2.08. The highest BCUT2D eigenvalue weighted by atomic mass is 32.1. The van der Waals surface area contributed by atoms with E-state index in [-0.39, 0.29) is 0 Å². The Bertz CT molecular complexity index is 502. The summed E-state index contributed by atoms with van der Waals surface area (Å²) in [4.78, 5) is 9.45. The van der Waals surface area contributed by atoms with Crippen LogP contribution in [0.4, 0.5) is 16.6 Å². The Hall–Kier alpha value is -2.13. The van der Waals surface area contributed by atoms with Crippen molar-refractivity contribution in [2.45, 2.75) is 0 Å². The molecule has 2 aromatic rings. The average molecular weight is 231 g/mol. The molecule has 0 radical (unpaired) electrons. The van der Waals surface area contributed by atoms with Crippen LogP contribution < -0.4 is 10.2 Å². The third kappa shape index (κ3) is 2.27. The van der Waals surface area contributed by atoms with Crippen molar-refractivity contribution in [2.24, 2.45) is 0 Å². The highest BCUT2D eigenvalue weighted by molar-refractivity contribution is 7.14. The van der Waals surface area contributed by atoms with Gasteiger partial charge in [0, 0.05) is 13.1 Å². The molecule has 2 rings (SSSR count). The van der Waals surface area contributed by atoms with E-state index in [9.17, 15) is 0 Å². The first-order valence-corrected chi connectivity index (χ1v) is 5.43. The summed E-state index contributed by atoms with van der Waals surface area (Å²) in [5.74, 6) is 1.24. The molecule has 0 aromatic carbocycles. The minimum absolute atomic E-state index is 0.566. The minimum Gasteiger partial charge on any atom is -0.332 e. The molecule has 0 saturated heterocycles. The van der Waals surface area contributed by atoms with E-state index in [1.165, 1.54) is 11.2 Å². The highest BCUT2D eigenvalue weighted by Gasteiger charge is 2.03. The Kier molecular flexibility index (Phi) is 2.98. The number of rotatable bonds is 3. The number of thiophene rings is 1. The topological polar surface area (TPSA) is 64.8 Å². The summed E-state index contributed by atoms with van der Waals surface area (Å²) in [6, 6.07) is 5.64. The molecule has 0 saturated carbocycles. The summed E-state index contributed by atoms with van der Waals surface area (Å²) < 4.78 is 0. The third-order valence-corrected chi connectivity index (χ3v) is 2.70. The van der Waals surface area contributed by atoms with Gasteiger partial charge in [-0.25, -0.2) is 9.97 Å². The van der Waals surface area contributed by atoms with E-state index < -0.39 is 0 Å². The van der Waals surface area contributed by atoms with Crippen molar-refractivity contribution in [3.8, 4) is 6.19 Å². The Morgan fingerprint density at radius 1 is 1.50 bits per heavy atom. The van der Waals surface area contributed by atoms with Gasteiger partial charge < -0.3 is 5.32 Å². The molecule has 6 heteroatoms. The molecule has 2 aromatic heterocycles. The monoisotopic (exact) mass is 231 g/mol. The maximum absolute atomic E-state index is 8.73. The molecule has 1 N–H and O–H groups in total. The number of aromatic nitrogens is 2. The summed E-state index contributed by atoms with van der Waals surface area (Å²) in [6.45, 7) is 0. The van der Waals surface area contributed by atoms with Crippen LogP contribution in [0.3, 0.4) is 0 Å². The standard InChI is InChI=1S/C10H9N5S/c1-15(6-11)9-5-8(12-7-13-9)14-10-3-2-4-16-10/h2-5,7H,1H3,(H,12,13,14). The fourth-order valence-corrected chi connectivity index (χ4v) is 1.75. The lowest BCUT2D eigenvalue weighted by molar-refractivity contribution is 1.08. The molecule has 0 amide bonds. The summed E-state index contributed by atoms with van der Waals surface area (Å²) >= 11 is 1.59. The number of hydrogen-bond donors (Lipinski definition) is 1. The predicted molar refractivity (Wildman–Crippen MR) is 63.6 cm³/mol. The SMILES string of the molecule is CN(C#N)c1cc(Nc2cccs2)ncn1. The van der Waals surface area contributed by atoms with E-state index >= 15 is 0 Å². The zero-order valence-corrected chi connectivity index (χ0v) is 9.40. The average Bonchev–Trinajstić information content (AvgIpc) is 2.81. The molecule has 0 aliphatic rings. The summed E-state index contributed by atoms with van der Waals surface area (Å²) in [5.41, 5.74) is 0. The first-order chi connectivity index (χ1) is 7.79. The van der Waals surface area contributed by atoms with Crippen molar-refractivity contribution < 1.29 is 0 Å². The molecule has 0 unspecified atom stereocenters. The van der Waals surface area contributed by atoms with Crippen LogP contribution in [0, 0.1) is 11.5 Å². The number of nitriles is 1. The van der Waals surface area contributed by atoms with Crippen molar-refractivity contribution in [1.29, 1.82) is 5.26 Å². The summed E-state index contributed by atoms with van der Waals surface area (Å²) in [6.07, 6.45) is 3.41. The first-order valence-electron chi connectivity index (χ1n) is 4.55. The molecule has 80 valence electrons. The van der Waals surface area contributed by atoms with E-state index in [1.54, 1.807) is 24.5 Å². The molecule has 0 fully saturated rings. The zero-order chi connectivity index (χ0) is 11.4. The second-order valence-corrected chi connectivity index (χ2v) is 3.97. The van der Waals surface area contributed by atoms with Gasteiger partial charge in [0.15, 0.2) is 6.19 Å². The zero-order valence-electron chi connectivity index (χ0n) is 8.58. The highest BCUT2D eigenvalue weighted by Crippen LogP contribution is 2.21. The van der Waals surface area contributed by atoms with Crippen LogP contribution in [0.25, 0.3) is 0 Å². The van der Waals surface area contributed by atoms with Gasteiger partial charge >= 0.3 is 0 Å². The van der Waals surface area contributed by atoms with Crippen LogP contribution in [0.15, 0.2) is 29.9 Å². The normalized spacial score (nSPS) is 9.50. The third-order valence-electron chi connectivity index (χ3n) is 1.92. The molecule has 0 aliphatic carbocycles. The van der Waals surface area contributed by atoms with Crippen molar-refractivity contribution in [2.75, 3.05) is 17.3 Å². The van der Waals surface area contributed by atoms with Gasteiger partial charge in [0.2, 0.25) is 0 Å². The van der Waals surface area contributed by atoms with Gasteiger partial charge in [0.05, 0.1) is 5.00 Å². The lowest BCUT2D eigenvalue weighted by atomic mass is 10.5. The van der Waals surface area contributed by atoms with Gasteiger partial charge in [-0.3, -0.25) is 4.90 Å². The molecule has 0 atom stereocenters. The number of hydrogen-bond acceptors (Lipinski definition) is 6. The van der Waals surface area contributed by atoms with Crippen molar-refractivity contribution in [3.63, 3.8) is 0 Å². The fraction of sp³-hybridized carbons (Fsp3) is 0.100. The van der Waals surface area contributed by atoms with Crippen LogP contribution in [0.2, 0.25) is 0 Å². The first kappa shape index (κ1) is 10.4. The molecule has 0 bridgehead atoms. The van der Waals surface area contributed by atoms with E-state index in [0.717, 1.165) is 5.00 Å². The Morgan fingerprint density at radius 2 is 2.38 bits per heavy atom. The van der Waals surface area contributed by atoms with Gasteiger partial charge in [0.25, 0.3) is 0 Å². The number of nitrogens with one attached hydrogen (secondary N) is 1. The Morgan fingerprint density at radius 3 is 3.06 bits per heavy atom. The van der Waals surface area contributed by atoms with Gasteiger partial charge in [-0.1, -0.05) is 0 Å². The summed E-state index contributed by atoms with van der Waals surface area (Å²) in [7, 11) is 1.65. The van der Waals surface area contributed by atoms with E-state index in [0.29, 0.717) is 11.6 Å². The fourth-order valence-electron chi connectivity index (χ4n) is 1.13. The second kappa shape index (κ2) is 4.59. The number of nitrogens with zero attached hydrogens (tertiary/aromatic N) is 4. The smallest absolute Gasteiger partial charge is 0.185 e. The maximum atomic E-state index is 8.73. The molecule has 0 aliphatic heterocycles. The van der Waals surface area contributed by atoms with Gasteiger partial charge in [0.1, 0.15) is 18.0 Å². The predicted octanol–water partition coefficient (Wildman–Crippen LogP) is 2.20. The summed E-state index contributed by atoms with van der Waals surface area (Å²) in [5, 5.41) is 14.8. The van der Waals surface area contributed by atoms with Gasteiger partial charge in [-0.15, -0.1) is 11.3 Å². The van der Waals surface area contributed by atoms with Crippen LogP contribution >= 0.6 is 11.3 Å². The molecular formula is C10H9N5S. The largest absolute Gasteiger partial charge is 0.332 e. The lowest BCUT2D eigenvalue weighted by Crippen LogP contribution is -2.10. The van der Waals surface area contributed by atoms with Crippen LogP contribution in [0.1, 0.15) is 0 Å². The van der Waals surface area contributed by atoms with Crippen molar-refractivity contribution >= 4 is 28.0 Å².